The number of rotatable bonds is 4. The molecule has 0 aromatic carbocycles. The molecule has 92 valence electrons. The summed E-state index contributed by atoms with van der Waals surface area (Å²) >= 11 is 11.6. The lowest BCUT2D eigenvalue weighted by Gasteiger charge is -2.04. The summed E-state index contributed by atoms with van der Waals surface area (Å²) in [5, 5.41) is 4.74. The first-order valence-electron chi connectivity index (χ1n) is 4.57. The largest absolute Gasteiger partial charge is 0.392 e. The molecule has 1 aromatic heterocycles. The van der Waals surface area contributed by atoms with Crippen molar-refractivity contribution in [3.8, 4) is 0 Å². The van der Waals surface area contributed by atoms with Gasteiger partial charge in [-0.05, 0) is 12.1 Å². The first-order chi connectivity index (χ1) is 7.99. The van der Waals surface area contributed by atoms with Crippen molar-refractivity contribution >= 4 is 52.0 Å². The molecule has 2 amide bonds. The first-order valence-corrected chi connectivity index (χ1v) is 6.18. The fourth-order valence-electron chi connectivity index (χ4n) is 0.942. The van der Waals surface area contributed by atoms with Crippen LogP contribution in [-0.4, -0.2) is 23.3 Å². The zero-order chi connectivity index (χ0) is 12.8. The molecule has 0 aliphatic rings. The maximum atomic E-state index is 11.3. The maximum absolute atomic E-state index is 11.3. The van der Waals surface area contributed by atoms with Crippen LogP contribution in [-0.2, 0) is 16.1 Å². The summed E-state index contributed by atoms with van der Waals surface area (Å²) in [6.45, 7) is 0.267. The van der Waals surface area contributed by atoms with E-state index in [9.17, 15) is 9.59 Å². The highest BCUT2D eigenvalue weighted by atomic mass is 35.5. The Kier molecular flexibility index (Phi) is 5.33. The fraction of sp³-hybridized carbons (Fsp3) is 0.222. The van der Waals surface area contributed by atoms with Crippen LogP contribution in [0.25, 0.3) is 0 Å². The van der Waals surface area contributed by atoms with Gasteiger partial charge in [0.1, 0.15) is 0 Å². The molecule has 1 rings (SSSR count). The third kappa shape index (κ3) is 5.12. The molecule has 17 heavy (non-hydrogen) atoms. The highest BCUT2D eigenvalue weighted by molar-refractivity contribution is 7.80. The van der Waals surface area contributed by atoms with Gasteiger partial charge >= 0.3 is 11.8 Å². The molecule has 5 nitrogen and oxygen atoms in total. The summed E-state index contributed by atoms with van der Waals surface area (Å²) in [6, 6.07) is 3.50. The number of amides is 2. The highest BCUT2D eigenvalue weighted by Crippen LogP contribution is 2.20. The first kappa shape index (κ1) is 13.9. The number of halogens is 1. The Morgan fingerprint density at radius 1 is 1.35 bits per heavy atom. The Labute approximate surface area is 112 Å². The lowest BCUT2D eigenvalue weighted by Crippen LogP contribution is -2.42. The van der Waals surface area contributed by atoms with E-state index >= 15 is 0 Å². The Balaban J connectivity index is 2.34. The molecular formula is C9H10ClN3O2S2. The average Bonchev–Trinajstić information content (AvgIpc) is 2.68. The third-order valence-electron chi connectivity index (χ3n) is 1.68. The van der Waals surface area contributed by atoms with Crippen molar-refractivity contribution in [2.24, 2.45) is 5.73 Å². The van der Waals surface area contributed by atoms with Gasteiger partial charge in [0.25, 0.3) is 0 Å². The van der Waals surface area contributed by atoms with E-state index in [0.29, 0.717) is 4.34 Å². The Morgan fingerprint density at radius 2 is 2.00 bits per heavy atom. The Morgan fingerprint density at radius 3 is 2.53 bits per heavy atom. The van der Waals surface area contributed by atoms with Gasteiger partial charge in [0.05, 0.1) is 22.4 Å². The van der Waals surface area contributed by atoms with Crippen molar-refractivity contribution < 1.29 is 9.59 Å². The molecule has 4 N–H and O–H groups in total. The van der Waals surface area contributed by atoms with E-state index in [1.807, 2.05) is 0 Å². The molecule has 0 radical (unpaired) electrons. The predicted octanol–water partition coefficient (Wildman–Crippen LogP) is 0.420. The number of carbonyl (C=O) groups is 2. The maximum Gasteiger partial charge on any atom is 0.309 e. The molecule has 0 atom stereocenters. The normalized spacial score (nSPS) is 9.71. The van der Waals surface area contributed by atoms with E-state index in [1.54, 1.807) is 12.1 Å². The van der Waals surface area contributed by atoms with Crippen LogP contribution >= 0.6 is 35.2 Å². The van der Waals surface area contributed by atoms with E-state index < -0.39 is 11.8 Å². The topological polar surface area (TPSA) is 84.2 Å². The molecular weight excluding hydrogens is 282 g/mol. The van der Waals surface area contributed by atoms with E-state index in [-0.39, 0.29) is 18.1 Å². The van der Waals surface area contributed by atoms with Crippen LogP contribution in [0.2, 0.25) is 4.34 Å². The van der Waals surface area contributed by atoms with E-state index in [4.69, 9.17) is 17.3 Å². The average molecular weight is 292 g/mol. The van der Waals surface area contributed by atoms with Crippen molar-refractivity contribution in [3.05, 3.63) is 21.3 Å². The van der Waals surface area contributed by atoms with Crippen LogP contribution in [0.15, 0.2) is 12.1 Å². The second kappa shape index (κ2) is 6.53. The van der Waals surface area contributed by atoms with Gasteiger partial charge in [0.2, 0.25) is 0 Å². The predicted molar refractivity (Wildman–Crippen MR) is 71.0 cm³/mol. The molecule has 0 saturated heterocycles. The lowest BCUT2D eigenvalue weighted by atomic mass is 10.4. The van der Waals surface area contributed by atoms with Gasteiger partial charge < -0.3 is 16.4 Å². The van der Waals surface area contributed by atoms with Gasteiger partial charge in [0, 0.05) is 4.88 Å². The second-order valence-electron chi connectivity index (χ2n) is 3.04. The van der Waals surface area contributed by atoms with Gasteiger partial charge in [-0.3, -0.25) is 9.59 Å². The number of nitrogens with one attached hydrogen (secondary N) is 2. The lowest BCUT2D eigenvalue weighted by molar-refractivity contribution is -0.139. The number of thiophene rings is 1. The van der Waals surface area contributed by atoms with Gasteiger partial charge in [-0.25, -0.2) is 0 Å². The van der Waals surface area contributed by atoms with Crippen LogP contribution in [0.3, 0.4) is 0 Å². The van der Waals surface area contributed by atoms with Gasteiger partial charge in [-0.1, -0.05) is 23.8 Å². The quantitative estimate of drug-likeness (QED) is 0.554. The summed E-state index contributed by atoms with van der Waals surface area (Å²) in [5.41, 5.74) is 5.18. The summed E-state index contributed by atoms with van der Waals surface area (Å²) in [4.78, 5) is 23.5. The molecule has 0 spiro atoms. The monoisotopic (exact) mass is 291 g/mol. The van der Waals surface area contributed by atoms with Crippen molar-refractivity contribution in [3.63, 3.8) is 0 Å². The zero-order valence-corrected chi connectivity index (χ0v) is 11.0. The molecule has 1 aromatic rings. The van der Waals surface area contributed by atoms with Gasteiger partial charge in [0.15, 0.2) is 0 Å². The Hall–Kier alpha value is -1.18. The second-order valence-corrected chi connectivity index (χ2v) is 5.36. The van der Waals surface area contributed by atoms with Crippen LogP contribution in [0, 0.1) is 0 Å². The minimum atomic E-state index is -0.763. The number of nitrogens with two attached hydrogens (primary N) is 1. The van der Waals surface area contributed by atoms with E-state index in [2.05, 4.69) is 22.9 Å². The molecule has 8 heteroatoms. The van der Waals surface area contributed by atoms with Crippen molar-refractivity contribution in [2.75, 3.05) is 6.54 Å². The van der Waals surface area contributed by atoms with E-state index in [0.717, 1.165) is 4.88 Å². The van der Waals surface area contributed by atoms with Crippen LogP contribution in [0.1, 0.15) is 4.88 Å². The minimum absolute atomic E-state index is 0.00637. The van der Waals surface area contributed by atoms with Crippen LogP contribution < -0.4 is 16.4 Å². The van der Waals surface area contributed by atoms with Crippen molar-refractivity contribution in [1.29, 1.82) is 0 Å². The molecule has 0 unspecified atom stereocenters. The van der Waals surface area contributed by atoms with Gasteiger partial charge in [-0.2, -0.15) is 0 Å². The molecule has 0 saturated carbocycles. The van der Waals surface area contributed by atoms with Crippen LogP contribution in [0.5, 0.6) is 0 Å². The number of hydrogen-bond donors (Lipinski definition) is 3. The highest BCUT2D eigenvalue weighted by Gasteiger charge is 2.12. The summed E-state index contributed by atoms with van der Waals surface area (Å²) < 4.78 is 0.632. The number of thiocarbonyl (C=S) groups is 1. The number of hydrogen-bond acceptors (Lipinski definition) is 4. The molecule has 1 heterocycles. The smallest absolute Gasteiger partial charge is 0.309 e. The summed E-state index contributed by atoms with van der Waals surface area (Å²) in [6.07, 6.45) is 0. The summed E-state index contributed by atoms with van der Waals surface area (Å²) in [7, 11) is 0. The molecule has 0 fully saturated rings. The van der Waals surface area contributed by atoms with Gasteiger partial charge in [-0.15, -0.1) is 11.3 Å². The van der Waals surface area contributed by atoms with Crippen molar-refractivity contribution in [2.45, 2.75) is 6.54 Å². The van der Waals surface area contributed by atoms with Crippen molar-refractivity contribution in [1.82, 2.24) is 10.6 Å². The fourth-order valence-corrected chi connectivity index (χ4v) is 2.04. The molecule has 0 bridgehead atoms. The van der Waals surface area contributed by atoms with Crippen LogP contribution in [0.4, 0.5) is 0 Å². The third-order valence-corrected chi connectivity index (χ3v) is 3.06. The minimum Gasteiger partial charge on any atom is -0.392 e. The number of carbonyl (C=O) groups excluding carboxylic acids is 2. The molecule has 0 aliphatic heterocycles. The standard InChI is InChI=1S/C9H10ClN3O2S2/c10-6-2-1-5(17-6)3-12-8(14)9(15)13-4-7(11)16/h1-2H,3-4H2,(H2,11,16)(H,12,14)(H,13,15). The Bertz CT molecular complexity index is 447. The summed E-state index contributed by atoms with van der Waals surface area (Å²) in [5.74, 6) is -1.49. The van der Waals surface area contributed by atoms with E-state index in [1.165, 1.54) is 11.3 Å². The molecule has 0 aliphatic carbocycles. The zero-order valence-electron chi connectivity index (χ0n) is 8.66. The SMILES string of the molecule is NC(=S)CNC(=O)C(=O)NCc1ccc(Cl)s1.